The second-order valence-electron chi connectivity index (χ2n) is 5.36. The quantitative estimate of drug-likeness (QED) is 0.618. The van der Waals surface area contributed by atoms with E-state index >= 15 is 0 Å². The zero-order valence-electron chi connectivity index (χ0n) is 12.6. The van der Waals surface area contributed by atoms with Crippen LogP contribution in [0.25, 0.3) is 0 Å². The molecule has 0 bridgehead atoms. The fourth-order valence-corrected chi connectivity index (χ4v) is 3.01. The molecule has 0 saturated heterocycles. The van der Waals surface area contributed by atoms with Crippen LogP contribution in [0.2, 0.25) is 5.02 Å². The Morgan fingerprint density at radius 1 is 1.10 bits per heavy atom. The summed E-state index contributed by atoms with van der Waals surface area (Å²) in [5.41, 5.74) is 2.31. The molecule has 2 rings (SSSR count). The minimum absolute atomic E-state index is 0.272. The zero-order valence-corrected chi connectivity index (χ0v) is 14.1. The van der Waals surface area contributed by atoms with Crippen LogP contribution >= 0.6 is 23.2 Å². The fraction of sp³-hybridized carbons (Fsp3) is 0.471. The maximum Gasteiger partial charge on any atom is 0.0631 e. The molecular weight excluding hydrogens is 303 g/mol. The molecule has 0 N–H and O–H groups in total. The van der Waals surface area contributed by atoms with Crippen LogP contribution in [0, 0.1) is 0 Å². The fourth-order valence-electron chi connectivity index (χ4n) is 2.60. The number of hydrogen-bond donors (Lipinski definition) is 0. The highest BCUT2D eigenvalue weighted by molar-refractivity contribution is 6.30. The molecule has 1 unspecified atom stereocenters. The molecule has 1 aromatic carbocycles. The highest BCUT2D eigenvalue weighted by Gasteiger charge is 2.14. The van der Waals surface area contributed by atoms with Crippen molar-refractivity contribution in [2.45, 2.75) is 45.1 Å². The van der Waals surface area contributed by atoms with E-state index in [-0.39, 0.29) is 5.92 Å². The first-order valence-corrected chi connectivity index (χ1v) is 8.44. The van der Waals surface area contributed by atoms with Crippen molar-refractivity contribution < 1.29 is 0 Å². The van der Waals surface area contributed by atoms with Gasteiger partial charge in [0, 0.05) is 23.0 Å². The second-order valence-corrected chi connectivity index (χ2v) is 6.11. The third kappa shape index (κ3) is 4.24. The van der Waals surface area contributed by atoms with Crippen molar-refractivity contribution >= 4 is 23.2 Å². The highest BCUT2D eigenvalue weighted by atomic mass is 35.5. The van der Waals surface area contributed by atoms with Crippen molar-refractivity contribution in [2.75, 3.05) is 5.88 Å². The lowest BCUT2D eigenvalue weighted by Gasteiger charge is -2.14. The summed E-state index contributed by atoms with van der Waals surface area (Å²) in [6.07, 6.45) is 5.15. The number of hydrogen-bond acceptors (Lipinski definition) is 1. The topological polar surface area (TPSA) is 17.8 Å². The van der Waals surface area contributed by atoms with Gasteiger partial charge >= 0.3 is 0 Å². The van der Waals surface area contributed by atoms with Crippen LogP contribution in [0.5, 0.6) is 0 Å². The Morgan fingerprint density at radius 2 is 1.76 bits per heavy atom. The molecule has 2 nitrogen and oxygen atoms in total. The van der Waals surface area contributed by atoms with Crippen LogP contribution in [0.15, 0.2) is 36.5 Å². The first-order chi connectivity index (χ1) is 10.2. The van der Waals surface area contributed by atoms with Crippen LogP contribution in [-0.2, 0) is 6.42 Å². The monoisotopic (exact) mass is 324 g/mol. The standard InChI is InChI=1S/C17H22Cl2N2/c1-3-17(4-2)21-10-9-16(20-21)11-14(12-18)13-5-7-15(19)8-6-13/h5-10,14,17H,3-4,11-12H2,1-2H3. The third-order valence-electron chi connectivity index (χ3n) is 3.96. The highest BCUT2D eigenvalue weighted by Crippen LogP contribution is 2.24. The zero-order chi connectivity index (χ0) is 15.2. The summed E-state index contributed by atoms with van der Waals surface area (Å²) in [7, 11) is 0. The molecule has 1 heterocycles. The average Bonchev–Trinajstić information content (AvgIpc) is 2.96. The Hall–Kier alpha value is -0.990. The van der Waals surface area contributed by atoms with Gasteiger partial charge in [-0.1, -0.05) is 37.6 Å². The van der Waals surface area contributed by atoms with Gasteiger partial charge < -0.3 is 0 Å². The first kappa shape index (κ1) is 16.4. The molecule has 2 aromatic rings. The summed E-state index contributed by atoms with van der Waals surface area (Å²) in [4.78, 5) is 0. The van der Waals surface area contributed by atoms with Crippen molar-refractivity contribution in [1.29, 1.82) is 0 Å². The maximum atomic E-state index is 6.15. The Balaban J connectivity index is 2.10. The predicted molar refractivity (Wildman–Crippen MR) is 90.5 cm³/mol. The molecule has 1 aromatic heterocycles. The molecular formula is C17H22Cl2N2. The van der Waals surface area contributed by atoms with Crippen LogP contribution in [0.4, 0.5) is 0 Å². The summed E-state index contributed by atoms with van der Waals surface area (Å²) >= 11 is 12.1. The Morgan fingerprint density at radius 3 is 2.33 bits per heavy atom. The van der Waals surface area contributed by atoms with Crippen molar-refractivity contribution in [3.63, 3.8) is 0 Å². The number of benzene rings is 1. The van der Waals surface area contributed by atoms with E-state index in [2.05, 4.69) is 30.8 Å². The molecule has 0 aliphatic heterocycles. The van der Waals surface area contributed by atoms with E-state index in [4.69, 9.17) is 28.3 Å². The lowest BCUT2D eigenvalue weighted by molar-refractivity contribution is 0.424. The van der Waals surface area contributed by atoms with Crippen LogP contribution in [0.3, 0.4) is 0 Å². The number of rotatable bonds is 7. The van der Waals surface area contributed by atoms with E-state index < -0.39 is 0 Å². The molecule has 0 spiro atoms. The maximum absolute atomic E-state index is 6.15. The van der Waals surface area contributed by atoms with E-state index in [9.17, 15) is 0 Å². The molecule has 21 heavy (non-hydrogen) atoms. The van der Waals surface area contributed by atoms with Gasteiger partial charge in [-0.15, -0.1) is 11.6 Å². The van der Waals surface area contributed by atoms with Crippen molar-refractivity contribution in [3.8, 4) is 0 Å². The van der Waals surface area contributed by atoms with Gasteiger partial charge in [0.25, 0.3) is 0 Å². The Labute approximate surface area is 137 Å². The van der Waals surface area contributed by atoms with Crippen molar-refractivity contribution in [2.24, 2.45) is 0 Å². The molecule has 0 radical (unpaired) electrons. The van der Waals surface area contributed by atoms with E-state index in [1.165, 1.54) is 5.56 Å². The number of halogens is 2. The summed E-state index contributed by atoms with van der Waals surface area (Å²) in [5.74, 6) is 0.855. The minimum Gasteiger partial charge on any atom is -0.269 e. The van der Waals surface area contributed by atoms with Gasteiger partial charge in [-0.05, 0) is 43.0 Å². The molecule has 1 atom stereocenters. The van der Waals surface area contributed by atoms with E-state index in [0.717, 1.165) is 30.0 Å². The van der Waals surface area contributed by atoms with Gasteiger partial charge in [-0.2, -0.15) is 5.10 Å². The van der Waals surface area contributed by atoms with Gasteiger partial charge in [0.1, 0.15) is 0 Å². The summed E-state index contributed by atoms with van der Waals surface area (Å²) < 4.78 is 2.09. The van der Waals surface area contributed by atoms with Crippen LogP contribution < -0.4 is 0 Å². The molecule has 4 heteroatoms. The molecule has 114 valence electrons. The summed E-state index contributed by atoms with van der Waals surface area (Å²) in [5, 5.41) is 5.47. The van der Waals surface area contributed by atoms with Gasteiger partial charge in [-0.25, -0.2) is 0 Å². The van der Waals surface area contributed by atoms with E-state index in [0.29, 0.717) is 11.9 Å². The predicted octanol–water partition coefficient (Wildman–Crippen LogP) is 5.46. The van der Waals surface area contributed by atoms with E-state index in [1.807, 2.05) is 24.3 Å². The average molecular weight is 325 g/mol. The van der Waals surface area contributed by atoms with E-state index in [1.54, 1.807) is 0 Å². The summed E-state index contributed by atoms with van der Waals surface area (Å²) in [6.45, 7) is 4.40. The normalized spacial score (nSPS) is 12.8. The van der Waals surface area contributed by atoms with Crippen molar-refractivity contribution in [1.82, 2.24) is 9.78 Å². The SMILES string of the molecule is CCC(CC)n1ccc(CC(CCl)c2ccc(Cl)cc2)n1. The van der Waals surface area contributed by atoms with Crippen LogP contribution in [-0.4, -0.2) is 15.7 Å². The first-order valence-electron chi connectivity index (χ1n) is 7.53. The minimum atomic E-state index is 0.272. The molecule has 0 saturated carbocycles. The Bertz CT molecular complexity index is 544. The lowest BCUT2D eigenvalue weighted by Crippen LogP contribution is -2.09. The molecule has 0 amide bonds. The van der Waals surface area contributed by atoms with Gasteiger partial charge in [0.05, 0.1) is 11.7 Å². The number of alkyl halides is 1. The largest absolute Gasteiger partial charge is 0.269 e. The number of aromatic nitrogens is 2. The smallest absolute Gasteiger partial charge is 0.0631 e. The van der Waals surface area contributed by atoms with Gasteiger partial charge in [0.2, 0.25) is 0 Å². The third-order valence-corrected chi connectivity index (χ3v) is 4.59. The van der Waals surface area contributed by atoms with Crippen molar-refractivity contribution in [3.05, 3.63) is 52.8 Å². The van der Waals surface area contributed by atoms with Crippen LogP contribution in [0.1, 0.15) is 49.9 Å². The van der Waals surface area contributed by atoms with Gasteiger partial charge in [0.15, 0.2) is 0 Å². The summed E-state index contributed by atoms with van der Waals surface area (Å²) in [6, 6.07) is 10.5. The second kappa shape index (κ2) is 7.86. The molecule has 0 aliphatic rings. The Kier molecular flexibility index (Phi) is 6.13. The molecule has 0 fully saturated rings. The van der Waals surface area contributed by atoms with Gasteiger partial charge in [-0.3, -0.25) is 4.68 Å². The molecule has 0 aliphatic carbocycles. The number of nitrogens with zero attached hydrogens (tertiary/aromatic N) is 2. The lowest BCUT2D eigenvalue weighted by atomic mass is 9.96.